The van der Waals surface area contributed by atoms with Gasteiger partial charge in [0, 0.05) is 11.3 Å². The quantitative estimate of drug-likeness (QED) is 0.476. The van der Waals surface area contributed by atoms with Gasteiger partial charge in [0.1, 0.15) is 5.82 Å². The van der Waals surface area contributed by atoms with E-state index in [1.807, 2.05) is 49.4 Å². The van der Waals surface area contributed by atoms with Crippen LogP contribution in [0.2, 0.25) is 0 Å². The van der Waals surface area contributed by atoms with Crippen LogP contribution in [-0.4, -0.2) is 27.9 Å². The van der Waals surface area contributed by atoms with Crippen LogP contribution >= 0.6 is 0 Å². The summed E-state index contributed by atoms with van der Waals surface area (Å²) in [6, 6.07) is 22.2. The number of hydrogen-bond acceptors (Lipinski definition) is 4. The van der Waals surface area contributed by atoms with Crippen molar-refractivity contribution in [1.82, 2.24) is 9.97 Å². The molecule has 1 amide bonds. The molecule has 1 heterocycles. The number of esters is 1. The summed E-state index contributed by atoms with van der Waals surface area (Å²) in [4.78, 5) is 32.6. The van der Waals surface area contributed by atoms with E-state index in [0.29, 0.717) is 11.3 Å². The Bertz CT molecular complexity index is 1200. The normalized spacial score (nSPS) is 11.8. The molecule has 0 bridgehead atoms. The van der Waals surface area contributed by atoms with Crippen molar-refractivity contribution < 1.29 is 14.3 Å². The molecule has 0 fully saturated rings. The van der Waals surface area contributed by atoms with E-state index < -0.39 is 12.1 Å². The third kappa shape index (κ3) is 4.22. The molecule has 0 aliphatic heterocycles. The number of amides is 1. The van der Waals surface area contributed by atoms with E-state index in [-0.39, 0.29) is 5.91 Å². The van der Waals surface area contributed by atoms with Gasteiger partial charge in [0.2, 0.25) is 0 Å². The molecule has 150 valence electrons. The van der Waals surface area contributed by atoms with Crippen LogP contribution in [0.1, 0.15) is 22.8 Å². The number of anilines is 1. The van der Waals surface area contributed by atoms with Crippen molar-refractivity contribution in [2.45, 2.75) is 20.0 Å². The standard InChI is InChI=1S/C24H21N3O3/c1-15-8-11-19(12-9-15)25-23(28)16(2)30-24(29)18-10-13-20-21(14-18)27-22(26-20)17-6-4-3-5-7-17/h3-14,16H,1-2H3,(H,25,28)(H,26,27). The molecule has 0 saturated heterocycles. The topological polar surface area (TPSA) is 84.1 Å². The van der Waals surface area contributed by atoms with Crippen LogP contribution in [0, 0.1) is 6.92 Å². The molecule has 0 radical (unpaired) electrons. The first-order valence-electron chi connectivity index (χ1n) is 9.63. The van der Waals surface area contributed by atoms with Crippen molar-refractivity contribution in [3.05, 3.63) is 83.9 Å². The number of H-pyrrole nitrogens is 1. The van der Waals surface area contributed by atoms with Gasteiger partial charge in [-0.2, -0.15) is 0 Å². The minimum atomic E-state index is -0.934. The second-order valence-corrected chi connectivity index (χ2v) is 7.09. The van der Waals surface area contributed by atoms with Crippen molar-refractivity contribution in [2.24, 2.45) is 0 Å². The molecular weight excluding hydrogens is 378 g/mol. The Morgan fingerprint density at radius 1 is 1.00 bits per heavy atom. The van der Waals surface area contributed by atoms with Gasteiger partial charge in [-0.15, -0.1) is 0 Å². The molecule has 4 rings (SSSR count). The summed E-state index contributed by atoms with van der Waals surface area (Å²) in [5, 5.41) is 2.74. The van der Waals surface area contributed by atoms with E-state index in [9.17, 15) is 9.59 Å². The second-order valence-electron chi connectivity index (χ2n) is 7.09. The highest BCUT2D eigenvalue weighted by atomic mass is 16.5. The van der Waals surface area contributed by atoms with Gasteiger partial charge >= 0.3 is 5.97 Å². The maximum Gasteiger partial charge on any atom is 0.338 e. The largest absolute Gasteiger partial charge is 0.449 e. The summed E-state index contributed by atoms with van der Waals surface area (Å²) in [5.41, 5.74) is 4.52. The predicted octanol–water partition coefficient (Wildman–Crippen LogP) is 4.72. The minimum Gasteiger partial charge on any atom is -0.449 e. The van der Waals surface area contributed by atoms with Crippen molar-refractivity contribution in [1.29, 1.82) is 0 Å². The van der Waals surface area contributed by atoms with Gasteiger partial charge in [-0.1, -0.05) is 48.0 Å². The van der Waals surface area contributed by atoms with Crippen LogP contribution < -0.4 is 5.32 Å². The van der Waals surface area contributed by atoms with E-state index in [0.717, 1.165) is 28.0 Å². The lowest BCUT2D eigenvalue weighted by Gasteiger charge is -2.13. The summed E-state index contributed by atoms with van der Waals surface area (Å²) in [6.07, 6.45) is -0.934. The molecule has 0 aliphatic rings. The highest BCUT2D eigenvalue weighted by Gasteiger charge is 2.20. The van der Waals surface area contributed by atoms with Crippen molar-refractivity contribution >= 4 is 28.6 Å². The first kappa shape index (κ1) is 19.4. The Morgan fingerprint density at radius 3 is 2.47 bits per heavy atom. The summed E-state index contributed by atoms with van der Waals surface area (Å²) in [7, 11) is 0. The molecule has 0 spiro atoms. The van der Waals surface area contributed by atoms with Gasteiger partial charge in [0.15, 0.2) is 6.10 Å². The van der Waals surface area contributed by atoms with Gasteiger partial charge < -0.3 is 15.0 Å². The zero-order valence-electron chi connectivity index (χ0n) is 16.7. The molecule has 3 aromatic carbocycles. The molecule has 30 heavy (non-hydrogen) atoms. The summed E-state index contributed by atoms with van der Waals surface area (Å²) in [6.45, 7) is 3.51. The first-order valence-corrected chi connectivity index (χ1v) is 9.63. The van der Waals surface area contributed by atoms with Gasteiger partial charge in [-0.3, -0.25) is 4.79 Å². The number of nitrogens with one attached hydrogen (secondary N) is 2. The molecule has 1 unspecified atom stereocenters. The van der Waals surface area contributed by atoms with Gasteiger partial charge in [0.25, 0.3) is 5.91 Å². The molecule has 6 heteroatoms. The number of carbonyl (C=O) groups is 2. The molecule has 6 nitrogen and oxygen atoms in total. The Labute approximate surface area is 173 Å². The minimum absolute atomic E-state index is 0.348. The van der Waals surface area contributed by atoms with Gasteiger partial charge in [-0.05, 0) is 44.2 Å². The SMILES string of the molecule is Cc1ccc(NC(=O)C(C)OC(=O)c2ccc3nc(-c4ccccc4)[nH]c3c2)cc1. The first-order chi connectivity index (χ1) is 14.5. The number of ether oxygens (including phenoxy) is 1. The van der Waals surface area contributed by atoms with Crippen LogP contribution in [0.25, 0.3) is 22.4 Å². The van der Waals surface area contributed by atoms with E-state index in [1.54, 1.807) is 37.3 Å². The smallest absolute Gasteiger partial charge is 0.338 e. The zero-order valence-corrected chi connectivity index (χ0v) is 16.7. The molecule has 0 saturated carbocycles. The number of carbonyl (C=O) groups excluding carboxylic acids is 2. The van der Waals surface area contributed by atoms with E-state index >= 15 is 0 Å². The zero-order chi connectivity index (χ0) is 21.1. The van der Waals surface area contributed by atoms with Crippen molar-refractivity contribution in [3.63, 3.8) is 0 Å². The number of fused-ring (bicyclic) bond motifs is 1. The monoisotopic (exact) mass is 399 g/mol. The third-order valence-electron chi connectivity index (χ3n) is 4.74. The highest BCUT2D eigenvalue weighted by Crippen LogP contribution is 2.21. The van der Waals surface area contributed by atoms with Crippen LogP contribution in [0.4, 0.5) is 5.69 Å². The fourth-order valence-electron chi connectivity index (χ4n) is 3.03. The van der Waals surface area contributed by atoms with Crippen LogP contribution in [0.3, 0.4) is 0 Å². The number of rotatable bonds is 5. The summed E-state index contributed by atoms with van der Waals surface area (Å²) in [5.74, 6) is -0.234. The molecule has 4 aromatic rings. The third-order valence-corrected chi connectivity index (χ3v) is 4.74. The summed E-state index contributed by atoms with van der Waals surface area (Å²) >= 11 is 0. The predicted molar refractivity (Wildman–Crippen MR) is 116 cm³/mol. The fourth-order valence-corrected chi connectivity index (χ4v) is 3.03. The van der Waals surface area contributed by atoms with E-state index in [1.165, 1.54) is 0 Å². The number of hydrogen-bond donors (Lipinski definition) is 2. The molecular formula is C24H21N3O3. The number of aromatic nitrogens is 2. The Balaban J connectivity index is 1.45. The Morgan fingerprint density at radius 2 is 1.73 bits per heavy atom. The number of imidazole rings is 1. The second kappa shape index (κ2) is 8.21. The molecule has 2 N–H and O–H groups in total. The molecule has 1 atom stereocenters. The number of aromatic amines is 1. The lowest BCUT2D eigenvalue weighted by atomic mass is 10.2. The maximum absolute atomic E-state index is 12.5. The van der Waals surface area contributed by atoms with Crippen LogP contribution in [0.15, 0.2) is 72.8 Å². The summed E-state index contributed by atoms with van der Waals surface area (Å²) < 4.78 is 5.35. The average Bonchev–Trinajstić information content (AvgIpc) is 3.19. The number of nitrogens with zero attached hydrogens (tertiary/aromatic N) is 1. The Kier molecular flexibility index (Phi) is 5.30. The maximum atomic E-state index is 12.5. The van der Waals surface area contributed by atoms with E-state index in [2.05, 4.69) is 15.3 Å². The number of benzene rings is 3. The van der Waals surface area contributed by atoms with Crippen LogP contribution in [0.5, 0.6) is 0 Å². The van der Waals surface area contributed by atoms with E-state index in [4.69, 9.17) is 4.74 Å². The average molecular weight is 399 g/mol. The van der Waals surface area contributed by atoms with Gasteiger partial charge in [0.05, 0.1) is 16.6 Å². The van der Waals surface area contributed by atoms with Crippen molar-refractivity contribution in [3.8, 4) is 11.4 Å². The molecule has 1 aromatic heterocycles. The lowest BCUT2D eigenvalue weighted by Crippen LogP contribution is -2.30. The van der Waals surface area contributed by atoms with Gasteiger partial charge in [-0.25, -0.2) is 9.78 Å². The van der Waals surface area contributed by atoms with Crippen LogP contribution in [-0.2, 0) is 9.53 Å². The molecule has 0 aliphatic carbocycles. The van der Waals surface area contributed by atoms with Crippen molar-refractivity contribution in [2.75, 3.05) is 5.32 Å². The highest BCUT2D eigenvalue weighted by molar-refractivity contribution is 5.98. The number of aryl methyl sites for hydroxylation is 1. The fraction of sp³-hybridized carbons (Fsp3) is 0.125. The Hall–Kier alpha value is -3.93. The lowest BCUT2D eigenvalue weighted by molar-refractivity contribution is -0.123.